The number of aromatic nitrogens is 1. The molecule has 2 N–H and O–H groups in total. The number of nitriles is 1. The predicted molar refractivity (Wildman–Crippen MR) is 70.2 cm³/mol. The molecule has 0 saturated carbocycles. The number of hydrogen-bond donors (Lipinski definition) is 2. The van der Waals surface area contributed by atoms with E-state index in [1.54, 1.807) is 6.07 Å². The van der Waals surface area contributed by atoms with Gasteiger partial charge in [0.25, 0.3) is 0 Å². The van der Waals surface area contributed by atoms with Crippen LogP contribution in [-0.4, -0.2) is 27.5 Å². The maximum atomic E-state index is 10.9. The highest BCUT2D eigenvalue weighted by Gasteiger charge is 2.20. The molecule has 1 heterocycles. The minimum atomic E-state index is -0.836. The largest absolute Gasteiger partial charge is 0.481 e. The van der Waals surface area contributed by atoms with Crippen LogP contribution in [0.15, 0.2) is 12.3 Å². The topological polar surface area (TPSA) is 129 Å². The Morgan fingerprint density at radius 3 is 2.85 bits per heavy atom. The highest BCUT2D eigenvalue weighted by molar-refractivity contribution is 5.66. The van der Waals surface area contributed by atoms with Crippen LogP contribution in [0.5, 0.6) is 0 Å². The first-order chi connectivity index (χ1) is 9.56. The number of nitrogens with one attached hydrogen (secondary N) is 1. The van der Waals surface area contributed by atoms with E-state index < -0.39 is 10.9 Å². The molecule has 106 valence electrons. The lowest BCUT2D eigenvalue weighted by atomic mass is 10.2. The van der Waals surface area contributed by atoms with Crippen molar-refractivity contribution in [2.24, 2.45) is 0 Å². The molecule has 0 unspecified atom stereocenters. The molecule has 8 heteroatoms. The van der Waals surface area contributed by atoms with E-state index in [0.717, 1.165) is 0 Å². The molecule has 0 fully saturated rings. The van der Waals surface area contributed by atoms with Gasteiger partial charge >= 0.3 is 11.7 Å². The van der Waals surface area contributed by atoms with E-state index in [4.69, 9.17) is 10.4 Å². The number of carboxylic acids is 1. The third-order valence-electron chi connectivity index (χ3n) is 2.59. The highest BCUT2D eigenvalue weighted by Crippen LogP contribution is 2.25. The number of nitro groups is 1. The monoisotopic (exact) mass is 278 g/mol. The number of carbonyl (C=O) groups is 1. The lowest BCUT2D eigenvalue weighted by Crippen LogP contribution is -2.07. The van der Waals surface area contributed by atoms with Gasteiger partial charge in [0.05, 0.1) is 4.92 Å². The molecule has 0 aliphatic heterocycles. The minimum absolute atomic E-state index is 0.0432. The molecule has 0 saturated heterocycles. The number of unbranched alkanes of at least 4 members (excludes halogenated alkanes) is 2. The SMILES string of the molecule is N#Cc1ccnc(NCCCCCC(=O)O)c1[N+](=O)[O-]. The molecule has 0 aliphatic carbocycles. The molecule has 1 aromatic rings. The molecule has 1 aromatic heterocycles. The van der Waals surface area contributed by atoms with Crippen LogP contribution in [0, 0.1) is 21.4 Å². The molecular formula is C12H14N4O4. The van der Waals surface area contributed by atoms with Crippen LogP contribution in [0.3, 0.4) is 0 Å². The summed E-state index contributed by atoms with van der Waals surface area (Å²) < 4.78 is 0. The van der Waals surface area contributed by atoms with Crippen LogP contribution in [0.1, 0.15) is 31.2 Å². The quantitative estimate of drug-likeness (QED) is 0.422. The number of aliphatic carboxylic acids is 1. The lowest BCUT2D eigenvalue weighted by Gasteiger charge is -2.06. The van der Waals surface area contributed by atoms with Gasteiger partial charge in [-0.1, -0.05) is 6.42 Å². The summed E-state index contributed by atoms with van der Waals surface area (Å²) >= 11 is 0. The number of nitrogens with zero attached hydrogens (tertiary/aromatic N) is 3. The van der Waals surface area contributed by atoms with Gasteiger partial charge in [0, 0.05) is 19.2 Å². The predicted octanol–water partition coefficient (Wildman–Crippen LogP) is 1.92. The van der Waals surface area contributed by atoms with Crippen LogP contribution in [0.25, 0.3) is 0 Å². The molecule has 0 spiro atoms. The van der Waals surface area contributed by atoms with Crippen molar-refractivity contribution in [2.75, 3.05) is 11.9 Å². The highest BCUT2D eigenvalue weighted by atomic mass is 16.6. The number of anilines is 1. The van der Waals surface area contributed by atoms with Gasteiger partial charge in [0.15, 0.2) is 0 Å². The summed E-state index contributed by atoms with van der Waals surface area (Å²) in [6, 6.07) is 3.04. The smallest absolute Gasteiger partial charge is 0.328 e. The second-order valence-electron chi connectivity index (χ2n) is 4.06. The summed E-state index contributed by atoms with van der Waals surface area (Å²) in [6.07, 6.45) is 3.37. The summed E-state index contributed by atoms with van der Waals surface area (Å²) in [5.41, 5.74) is -0.376. The summed E-state index contributed by atoms with van der Waals surface area (Å²) in [5, 5.41) is 31.0. The first kappa shape index (κ1) is 15.4. The average molecular weight is 278 g/mol. The average Bonchev–Trinajstić information content (AvgIpc) is 2.41. The Balaban J connectivity index is 2.54. The minimum Gasteiger partial charge on any atom is -0.481 e. The third-order valence-corrected chi connectivity index (χ3v) is 2.59. The zero-order valence-electron chi connectivity index (χ0n) is 10.7. The van der Waals surface area contributed by atoms with E-state index in [1.807, 2.05) is 0 Å². The van der Waals surface area contributed by atoms with Crippen LogP contribution in [0.4, 0.5) is 11.5 Å². The van der Waals surface area contributed by atoms with Crippen molar-refractivity contribution in [1.82, 2.24) is 4.98 Å². The number of pyridine rings is 1. The Hall–Kier alpha value is -2.69. The van der Waals surface area contributed by atoms with Gasteiger partial charge in [-0.25, -0.2) is 4.98 Å². The molecule has 0 aromatic carbocycles. The zero-order chi connectivity index (χ0) is 15.0. The Bertz CT molecular complexity index is 539. The molecule has 0 amide bonds. The fourth-order valence-corrected chi connectivity index (χ4v) is 1.64. The van der Waals surface area contributed by atoms with Crippen LogP contribution < -0.4 is 5.32 Å². The first-order valence-electron chi connectivity index (χ1n) is 6.05. The van der Waals surface area contributed by atoms with Gasteiger partial charge in [0.2, 0.25) is 5.82 Å². The van der Waals surface area contributed by atoms with E-state index in [9.17, 15) is 14.9 Å². The normalized spacial score (nSPS) is 9.75. The second kappa shape index (κ2) is 7.68. The summed E-state index contributed by atoms with van der Waals surface area (Å²) in [6.45, 7) is 0.433. The van der Waals surface area contributed by atoms with Gasteiger partial charge in [-0.2, -0.15) is 5.26 Å². The second-order valence-corrected chi connectivity index (χ2v) is 4.06. The van der Waals surface area contributed by atoms with Crippen molar-refractivity contribution in [3.63, 3.8) is 0 Å². The standard InChI is InChI=1S/C12H14N4O4/c13-8-9-5-7-15-12(11(9)16(19)20)14-6-3-1-2-4-10(17)18/h5,7H,1-4,6H2,(H,14,15)(H,17,18). The molecule has 0 atom stereocenters. The maximum absolute atomic E-state index is 10.9. The fourth-order valence-electron chi connectivity index (χ4n) is 1.64. The summed E-state index contributed by atoms with van der Waals surface area (Å²) in [5.74, 6) is -0.774. The third kappa shape index (κ3) is 4.53. The van der Waals surface area contributed by atoms with Crippen molar-refractivity contribution in [1.29, 1.82) is 5.26 Å². The van der Waals surface area contributed by atoms with Crippen LogP contribution in [0.2, 0.25) is 0 Å². The van der Waals surface area contributed by atoms with Crippen molar-refractivity contribution >= 4 is 17.5 Å². The van der Waals surface area contributed by atoms with Gasteiger partial charge < -0.3 is 10.4 Å². The molecular weight excluding hydrogens is 264 g/mol. The van der Waals surface area contributed by atoms with E-state index in [-0.39, 0.29) is 23.5 Å². The van der Waals surface area contributed by atoms with Crippen molar-refractivity contribution in [2.45, 2.75) is 25.7 Å². The number of rotatable bonds is 8. The molecule has 20 heavy (non-hydrogen) atoms. The Kier molecular flexibility index (Phi) is 5.90. The molecule has 8 nitrogen and oxygen atoms in total. The molecule has 0 radical (unpaired) electrons. The zero-order valence-corrected chi connectivity index (χ0v) is 10.7. The van der Waals surface area contributed by atoms with Crippen LogP contribution >= 0.6 is 0 Å². The number of carboxylic acid groups (broad SMARTS) is 1. The lowest BCUT2D eigenvalue weighted by molar-refractivity contribution is -0.384. The summed E-state index contributed by atoms with van der Waals surface area (Å²) in [7, 11) is 0. The van der Waals surface area contributed by atoms with E-state index in [2.05, 4.69) is 10.3 Å². The maximum Gasteiger partial charge on any atom is 0.328 e. The van der Waals surface area contributed by atoms with E-state index in [1.165, 1.54) is 12.3 Å². The van der Waals surface area contributed by atoms with Crippen molar-refractivity contribution < 1.29 is 14.8 Å². The Morgan fingerprint density at radius 2 is 2.25 bits per heavy atom. The van der Waals surface area contributed by atoms with Crippen LogP contribution in [-0.2, 0) is 4.79 Å². The van der Waals surface area contributed by atoms with Crippen molar-refractivity contribution in [3.05, 3.63) is 27.9 Å². The molecule has 0 aliphatic rings. The Morgan fingerprint density at radius 1 is 1.50 bits per heavy atom. The van der Waals surface area contributed by atoms with E-state index in [0.29, 0.717) is 25.8 Å². The van der Waals surface area contributed by atoms with Gasteiger partial charge in [-0.05, 0) is 18.9 Å². The van der Waals surface area contributed by atoms with Crippen molar-refractivity contribution in [3.8, 4) is 6.07 Å². The molecule has 1 rings (SSSR count). The van der Waals surface area contributed by atoms with Gasteiger partial charge in [-0.15, -0.1) is 0 Å². The van der Waals surface area contributed by atoms with Gasteiger partial charge in [0.1, 0.15) is 11.6 Å². The van der Waals surface area contributed by atoms with Gasteiger partial charge in [-0.3, -0.25) is 14.9 Å². The number of hydrogen-bond acceptors (Lipinski definition) is 6. The Labute approximate surface area is 115 Å². The fraction of sp³-hybridized carbons (Fsp3) is 0.417. The first-order valence-corrected chi connectivity index (χ1v) is 6.05. The van der Waals surface area contributed by atoms with E-state index >= 15 is 0 Å². The summed E-state index contributed by atoms with van der Waals surface area (Å²) in [4.78, 5) is 24.4. The molecule has 0 bridgehead atoms.